The van der Waals surface area contributed by atoms with Gasteiger partial charge in [-0.05, 0) is 24.3 Å². The Morgan fingerprint density at radius 2 is 1.94 bits per heavy atom. The van der Waals surface area contributed by atoms with Gasteiger partial charge in [-0.1, -0.05) is 45.7 Å². The minimum absolute atomic E-state index is 0.642. The minimum Gasteiger partial charge on any atom is -0.493 e. The molecular formula is C14H12BrClO2. The van der Waals surface area contributed by atoms with Crippen molar-refractivity contribution < 1.29 is 9.47 Å². The molecule has 0 aliphatic rings. The predicted octanol–water partition coefficient (Wildman–Crippen LogP) is 5.04. The lowest BCUT2D eigenvalue weighted by Gasteiger charge is -2.13. The van der Waals surface area contributed by atoms with Crippen LogP contribution in [-0.2, 0) is 5.33 Å². The van der Waals surface area contributed by atoms with Gasteiger partial charge in [0.15, 0.2) is 11.5 Å². The summed E-state index contributed by atoms with van der Waals surface area (Å²) in [6, 6.07) is 13.1. The first-order valence-corrected chi connectivity index (χ1v) is 6.90. The van der Waals surface area contributed by atoms with Crippen molar-refractivity contribution in [3.63, 3.8) is 0 Å². The second-order valence-corrected chi connectivity index (χ2v) is 4.64. The maximum Gasteiger partial charge on any atom is 0.169 e. The van der Waals surface area contributed by atoms with E-state index in [1.165, 1.54) is 0 Å². The van der Waals surface area contributed by atoms with E-state index in [-0.39, 0.29) is 0 Å². The molecule has 94 valence electrons. The number of alkyl halides is 1. The SMILES string of the molecule is COc1c(CBr)cccc1Oc1cccc(Cl)c1. The van der Waals surface area contributed by atoms with Crippen LogP contribution in [0.15, 0.2) is 42.5 Å². The highest BCUT2D eigenvalue weighted by molar-refractivity contribution is 9.08. The Morgan fingerprint density at radius 1 is 1.17 bits per heavy atom. The third-order valence-corrected chi connectivity index (χ3v) is 3.27. The first-order valence-electron chi connectivity index (χ1n) is 5.40. The van der Waals surface area contributed by atoms with E-state index in [0.29, 0.717) is 21.9 Å². The summed E-state index contributed by atoms with van der Waals surface area (Å²) in [6.07, 6.45) is 0. The smallest absolute Gasteiger partial charge is 0.169 e. The van der Waals surface area contributed by atoms with Crippen LogP contribution < -0.4 is 9.47 Å². The van der Waals surface area contributed by atoms with Gasteiger partial charge in [0, 0.05) is 15.9 Å². The fraction of sp³-hybridized carbons (Fsp3) is 0.143. The van der Waals surface area contributed by atoms with Gasteiger partial charge in [0.1, 0.15) is 5.75 Å². The molecule has 0 bridgehead atoms. The molecule has 0 unspecified atom stereocenters. The van der Waals surface area contributed by atoms with Crippen LogP contribution in [0.3, 0.4) is 0 Å². The number of methoxy groups -OCH3 is 1. The molecular weight excluding hydrogens is 316 g/mol. The fourth-order valence-electron chi connectivity index (χ4n) is 1.64. The number of halogens is 2. The third-order valence-electron chi connectivity index (χ3n) is 2.43. The van der Waals surface area contributed by atoms with Crippen molar-refractivity contribution in [2.45, 2.75) is 5.33 Å². The van der Waals surface area contributed by atoms with Crippen molar-refractivity contribution in [3.8, 4) is 17.2 Å². The van der Waals surface area contributed by atoms with Crippen molar-refractivity contribution in [3.05, 3.63) is 53.1 Å². The first-order chi connectivity index (χ1) is 8.74. The van der Waals surface area contributed by atoms with Gasteiger partial charge < -0.3 is 9.47 Å². The van der Waals surface area contributed by atoms with Gasteiger partial charge >= 0.3 is 0 Å². The Bertz CT molecular complexity index is 543. The minimum atomic E-state index is 0.642. The molecule has 0 amide bonds. The first kappa shape index (κ1) is 13.2. The highest BCUT2D eigenvalue weighted by atomic mass is 79.9. The molecule has 18 heavy (non-hydrogen) atoms. The fourth-order valence-corrected chi connectivity index (χ4v) is 2.26. The summed E-state index contributed by atoms with van der Waals surface area (Å²) in [5.74, 6) is 2.10. The number of para-hydroxylation sites is 1. The molecule has 0 aliphatic carbocycles. The summed E-state index contributed by atoms with van der Waals surface area (Å²) >= 11 is 9.35. The molecule has 0 spiro atoms. The summed E-state index contributed by atoms with van der Waals surface area (Å²) in [6.45, 7) is 0. The molecule has 2 aromatic rings. The molecule has 0 N–H and O–H groups in total. The molecule has 0 aromatic heterocycles. The van der Waals surface area contributed by atoms with E-state index in [9.17, 15) is 0 Å². The van der Waals surface area contributed by atoms with Gasteiger partial charge in [0.05, 0.1) is 7.11 Å². The lowest BCUT2D eigenvalue weighted by molar-refractivity contribution is 0.376. The van der Waals surface area contributed by atoms with Gasteiger partial charge in [-0.25, -0.2) is 0 Å². The largest absolute Gasteiger partial charge is 0.493 e. The van der Waals surface area contributed by atoms with E-state index in [0.717, 1.165) is 11.3 Å². The number of hydrogen-bond acceptors (Lipinski definition) is 2. The Kier molecular flexibility index (Phi) is 4.50. The van der Waals surface area contributed by atoms with Crippen LogP contribution in [0.5, 0.6) is 17.2 Å². The molecule has 2 aromatic carbocycles. The number of rotatable bonds is 4. The average Bonchev–Trinajstić information content (AvgIpc) is 2.38. The van der Waals surface area contributed by atoms with E-state index in [1.807, 2.05) is 30.3 Å². The summed E-state index contributed by atoms with van der Waals surface area (Å²) < 4.78 is 11.2. The van der Waals surface area contributed by atoms with E-state index in [1.54, 1.807) is 19.2 Å². The highest BCUT2D eigenvalue weighted by Gasteiger charge is 2.10. The van der Waals surface area contributed by atoms with Gasteiger partial charge in [0.25, 0.3) is 0 Å². The van der Waals surface area contributed by atoms with E-state index in [4.69, 9.17) is 21.1 Å². The molecule has 4 heteroatoms. The molecule has 0 heterocycles. The van der Waals surface area contributed by atoms with Crippen LogP contribution in [0.1, 0.15) is 5.56 Å². The van der Waals surface area contributed by atoms with E-state index >= 15 is 0 Å². The summed E-state index contributed by atoms with van der Waals surface area (Å²) in [5.41, 5.74) is 1.04. The van der Waals surface area contributed by atoms with Gasteiger partial charge in [0.2, 0.25) is 0 Å². The number of hydrogen-bond donors (Lipinski definition) is 0. The number of ether oxygens (including phenoxy) is 2. The molecule has 0 aliphatic heterocycles. The van der Waals surface area contributed by atoms with Crippen molar-refractivity contribution in [2.24, 2.45) is 0 Å². The van der Waals surface area contributed by atoms with Crippen LogP contribution in [-0.4, -0.2) is 7.11 Å². The van der Waals surface area contributed by atoms with Crippen LogP contribution in [0.2, 0.25) is 5.02 Å². The zero-order chi connectivity index (χ0) is 13.0. The molecule has 0 saturated carbocycles. The van der Waals surface area contributed by atoms with Crippen molar-refractivity contribution in [2.75, 3.05) is 7.11 Å². The Labute approximate surface area is 120 Å². The Balaban J connectivity index is 2.34. The number of benzene rings is 2. The van der Waals surface area contributed by atoms with Crippen LogP contribution in [0.25, 0.3) is 0 Å². The quantitative estimate of drug-likeness (QED) is 0.733. The van der Waals surface area contributed by atoms with Gasteiger partial charge in [-0.3, -0.25) is 0 Å². The van der Waals surface area contributed by atoms with Gasteiger partial charge in [-0.15, -0.1) is 0 Å². The van der Waals surface area contributed by atoms with E-state index < -0.39 is 0 Å². The molecule has 0 atom stereocenters. The maximum absolute atomic E-state index is 5.92. The second-order valence-electron chi connectivity index (χ2n) is 3.64. The predicted molar refractivity (Wildman–Crippen MR) is 77.2 cm³/mol. The molecule has 2 nitrogen and oxygen atoms in total. The van der Waals surface area contributed by atoms with Gasteiger partial charge in [-0.2, -0.15) is 0 Å². The third kappa shape index (κ3) is 2.98. The average molecular weight is 328 g/mol. The lowest BCUT2D eigenvalue weighted by Crippen LogP contribution is -1.94. The second kappa shape index (κ2) is 6.12. The van der Waals surface area contributed by atoms with Crippen molar-refractivity contribution in [1.29, 1.82) is 0 Å². The van der Waals surface area contributed by atoms with Crippen LogP contribution in [0.4, 0.5) is 0 Å². The highest BCUT2D eigenvalue weighted by Crippen LogP contribution is 2.35. The maximum atomic E-state index is 5.92. The summed E-state index contributed by atoms with van der Waals surface area (Å²) in [7, 11) is 1.63. The van der Waals surface area contributed by atoms with E-state index in [2.05, 4.69) is 15.9 Å². The molecule has 0 radical (unpaired) electrons. The monoisotopic (exact) mass is 326 g/mol. The Hall–Kier alpha value is -1.19. The zero-order valence-corrected chi connectivity index (χ0v) is 12.2. The molecule has 0 fully saturated rings. The van der Waals surface area contributed by atoms with Crippen LogP contribution >= 0.6 is 27.5 Å². The topological polar surface area (TPSA) is 18.5 Å². The normalized spacial score (nSPS) is 10.2. The Morgan fingerprint density at radius 3 is 2.61 bits per heavy atom. The lowest BCUT2D eigenvalue weighted by atomic mass is 10.2. The van der Waals surface area contributed by atoms with Crippen molar-refractivity contribution in [1.82, 2.24) is 0 Å². The summed E-state index contributed by atoms with van der Waals surface area (Å²) in [5, 5.41) is 1.35. The standard InChI is InChI=1S/C14H12BrClO2/c1-17-14-10(9-15)4-2-7-13(14)18-12-6-3-5-11(16)8-12/h2-8H,9H2,1H3. The zero-order valence-electron chi connectivity index (χ0n) is 9.82. The van der Waals surface area contributed by atoms with Crippen molar-refractivity contribution >= 4 is 27.5 Å². The molecule has 2 rings (SSSR count). The van der Waals surface area contributed by atoms with Crippen LogP contribution in [0, 0.1) is 0 Å². The summed E-state index contributed by atoms with van der Waals surface area (Å²) in [4.78, 5) is 0. The molecule has 0 saturated heterocycles.